The molecule has 3 rings (SSSR count). The Bertz CT molecular complexity index is 927. The summed E-state index contributed by atoms with van der Waals surface area (Å²) in [5.41, 5.74) is 1.60. The third-order valence-corrected chi connectivity index (χ3v) is 6.16. The summed E-state index contributed by atoms with van der Waals surface area (Å²) in [7, 11) is -3.36. The number of halogens is 1. The van der Waals surface area contributed by atoms with Crippen LogP contribution in [-0.2, 0) is 21.2 Å². The van der Waals surface area contributed by atoms with Crippen LogP contribution in [0.4, 0.5) is 5.69 Å². The van der Waals surface area contributed by atoms with Crippen molar-refractivity contribution in [2.24, 2.45) is 0 Å². The van der Waals surface area contributed by atoms with Crippen LogP contribution in [0, 0.1) is 0 Å². The van der Waals surface area contributed by atoms with Gasteiger partial charge in [0.05, 0.1) is 22.2 Å². The summed E-state index contributed by atoms with van der Waals surface area (Å²) in [5.74, 6) is -0.205. The first-order chi connectivity index (χ1) is 13.3. The van der Waals surface area contributed by atoms with Gasteiger partial charge in [-0.3, -0.25) is 14.6 Å². The lowest BCUT2D eigenvalue weighted by atomic mass is 10.2. The fourth-order valence-electron chi connectivity index (χ4n) is 3.17. The molecule has 0 aromatic heterocycles. The Balaban J connectivity index is 1.51. The van der Waals surface area contributed by atoms with Crippen molar-refractivity contribution in [1.29, 1.82) is 0 Å². The number of carbonyl (C=O) groups excluding carboxylic acids is 1. The molecule has 8 heteroatoms. The van der Waals surface area contributed by atoms with Crippen LogP contribution in [0.25, 0.3) is 0 Å². The minimum Gasteiger partial charge on any atom is -0.324 e. The van der Waals surface area contributed by atoms with Gasteiger partial charge in [-0.05, 0) is 23.8 Å². The lowest BCUT2D eigenvalue weighted by molar-refractivity contribution is -0.117. The molecule has 0 atom stereocenters. The highest BCUT2D eigenvalue weighted by Gasteiger charge is 2.20. The Kier molecular flexibility index (Phi) is 6.72. The first-order valence-electron chi connectivity index (χ1n) is 9.09. The van der Waals surface area contributed by atoms with Crippen LogP contribution in [0.1, 0.15) is 5.56 Å². The zero-order valence-electron chi connectivity index (χ0n) is 15.8. The minimum absolute atomic E-state index is 0.127. The van der Waals surface area contributed by atoms with E-state index in [1.54, 1.807) is 0 Å². The van der Waals surface area contributed by atoms with E-state index in [9.17, 15) is 13.2 Å². The lowest BCUT2D eigenvalue weighted by Crippen LogP contribution is -2.48. The average molecular weight is 422 g/mol. The van der Waals surface area contributed by atoms with Crippen LogP contribution in [0.5, 0.6) is 0 Å². The normalized spacial score (nSPS) is 16.1. The molecular weight excluding hydrogens is 398 g/mol. The number of piperazine rings is 1. The molecule has 2 aromatic carbocycles. The third-order valence-electron chi connectivity index (χ3n) is 4.72. The first-order valence-corrected chi connectivity index (χ1v) is 11.4. The molecule has 1 amide bonds. The topological polar surface area (TPSA) is 69.7 Å². The maximum atomic E-state index is 12.4. The molecule has 0 unspecified atom stereocenters. The Labute approximate surface area is 171 Å². The van der Waals surface area contributed by atoms with Gasteiger partial charge < -0.3 is 5.32 Å². The quantitative estimate of drug-likeness (QED) is 0.776. The van der Waals surface area contributed by atoms with Gasteiger partial charge in [-0.2, -0.15) is 0 Å². The molecule has 1 saturated heterocycles. The van der Waals surface area contributed by atoms with Crippen LogP contribution < -0.4 is 5.32 Å². The van der Waals surface area contributed by atoms with E-state index in [4.69, 9.17) is 11.6 Å². The summed E-state index contributed by atoms with van der Waals surface area (Å²) in [5, 5.41) is 3.04. The van der Waals surface area contributed by atoms with E-state index < -0.39 is 9.84 Å². The first kappa shape index (κ1) is 20.8. The van der Waals surface area contributed by atoms with Gasteiger partial charge in [-0.15, -0.1) is 0 Å². The SMILES string of the molecule is CS(=O)(=O)c1ccc(Cl)c(NC(=O)CN2CCN(Cc3ccccc3)CC2)c1. The minimum atomic E-state index is -3.36. The van der Waals surface area contributed by atoms with Gasteiger partial charge in [0.2, 0.25) is 5.91 Å². The fourth-order valence-corrected chi connectivity index (χ4v) is 3.98. The van der Waals surface area contributed by atoms with Crippen LogP contribution in [0.2, 0.25) is 5.02 Å². The van der Waals surface area contributed by atoms with Gasteiger partial charge in [0.1, 0.15) is 0 Å². The van der Waals surface area contributed by atoms with Crippen molar-refractivity contribution in [3.8, 4) is 0 Å². The zero-order valence-corrected chi connectivity index (χ0v) is 17.3. The molecule has 1 aliphatic heterocycles. The largest absolute Gasteiger partial charge is 0.324 e. The van der Waals surface area contributed by atoms with E-state index >= 15 is 0 Å². The second-order valence-corrected chi connectivity index (χ2v) is 9.42. The molecule has 1 fully saturated rings. The Morgan fingerprint density at radius 1 is 1.04 bits per heavy atom. The van der Waals surface area contributed by atoms with Gasteiger partial charge >= 0.3 is 0 Å². The second-order valence-electron chi connectivity index (χ2n) is 7.00. The predicted octanol–water partition coefficient (Wildman–Crippen LogP) is 2.50. The number of sulfone groups is 1. The highest BCUT2D eigenvalue weighted by Crippen LogP contribution is 2.25. The van der Waals surface area contributed by atoms with Crippen molar-refractivity contribution in [3.05, 3.63) is 59.1 Å². The number of hydrogen-bond donors (Lipinski definition) is 1. The summed E-state index contributed by atoms with van der Waals surface area (Å²) in [6, 6.07) is 14.6. The summed E-state index contributed by atoms with van der Waals surface area (Å²) in [4.78, 5) is 17.0. The smallest absolute Gasteiger partial charge is 0.238 e. The molecule has 1 N–H and O–H groups in total. The molecule has 0 saturated carbocycles. The molecule has 0 bridgehead atoms. The number of amides is 1. The molecule has 1 heterocycles. The summed E-state index contributed by atoms with van der Waals surface area (Å²) in [6.45, 7) is 4.56. The molecule has 150 valence electrons. The Morgan fingerprint density at radius 3 is 2.32 bits per heavy atom. The number of nitrogens with one attached hydrogen (secondary N) is 1. The molecule has 0 spiro atoms. The van der Waals surface area contributed by atoms with Gasteiger partial charge in [-0.1, -0.05) is 41.9 Å². The molecular formula is C20H24ClN3O3S. The number of carbonyl (C=O) groups is 1. The highest BCUT2D eigenvalue weighted by molar-refractivity contribution is 7.90. The fraction of sp³-hybridized carbons (Fsp3) is 0.350. The van der Waals surface area contributed by atoms with E-state index in [1.807, 2.05) is 18.2 Å². The van der Waals surface area contributed by atoms with E-state index in [-0.39, 0.29) is 17.3 Å². The van der Waals surface area contributed by atoms with E-state index in [2.05, 4.69) is 27.2 Å². The second kappa shape index (κ2) is 9.05. The number of benzene rings is 2. The van der Waals surface area contributed by atoms with Crippen LogP contribution in [0.15, 0.2) is 53.4 Å². The Morgan fingerprint density at radius 2 is 1.68 bits per heavy atom. The Hall–Kier alpha value is -1.93. The van der Waals surface area contributed by atoms with E-state index in [0.29, 0.717) is 10.7 Å². The average Bonchev–Trinajstić information content (AvgIpc) is 2.65. The highest BCUT2D eigenvalue weighted by atomic mass is 35.5. The van der Waals surface area contributed by atoms with Crippen LogP contribution in [-0.4, -0.2) is 63.1 Å². The van der Waals surface area contributed by atoms with Gasteiger partial charge in [0, 0.05) is 39.0 Å². The van der Waals surface area contributed by atoms with Crippen LogP contribution in [0.3, 0.4) is 0 Å². The monoisotopic (exact) mass is 421 g/mol. The summed E-state index contributed by atoms with van der Waals surface area (Å²) in [6.07, 6.45) is 1.12. The van der Waals surface area contributed by atoms with E-state index in [0.717, 1.165) is 39.0 Å². The lowest BCUT2D eigenvalue weighted by Gasteiger charge is -2.34. The van der Waals surface area contributed by atoms with Crippen molar-refractivity contribution >= 4 is 33.0 Å². The summed E-state index contributed by atoms with van der Waals surface area (Å²) < 4.78 is 23.4. The van der Waals surface area contributed by atoms with Crippen molar-refractivity contribution in [2.75, 3.05) is 44.3 Å². The standard InChI is InChI=1S/C20H24ClN3O3S/c1-28(26,27)17-7-8-18(21)19(13-17)22-20(25)15-24-11-9-23(10-12-24)14-16-5-3-2-4-6-16/h2-8,13H,9-12,14-15H2,1H3,(H,22,25). The van der Waals surface area contributed by atoms with E-state index in [1.165, 1.54) is 23.8 Å². The molecule has 0 aliphatic carbocycles. The molecule has 1 aliphatic rings. The zero-order chi connectivity index (χ0) is 20.1. The van der Waals surface area contributed by atoms with Crippen molar-refractivity contribution in [3.63, 3.8) is 0 Å². The van der Waals surface area contributed by atoms with Gasteiger partial charge in [0.15, 0.2) is 9.84 Å². The maximum Gasteiger partial charge on any atom is 0.238 e. The van der Waals surface area contributed by atoms with Crippen molar-refractivity contribution in [2.45, 2.75) is 11.4 Å². The summed E-state index contributed by atoms with van der Waals surface area (Å²) >= 11 is 6.10. The number of rotatable bonds is 6. The number of anilines is 1. The van der Waals surface area contributed by atoms with Crippen molar-refractivity contribution in [1.82, 2.24) is 9.80 Å². The number of hydrogen-bond acceptors (Lipinski definition) is 5. The molecule has 28 heavy (non-hydrogen) atoms. The number of nitrogens with zero attached hydrogens (tertiary/aromatic N) is 2. The van der Waals surface area contributed by atoms with Gasteiger partial charge in [0.25, 0.3) is 0 Å². The third kappa shape index (κ3) is 5.78. The molecule has 2 aromatic rings. The van der Waals surface area contributed by atoms with Crippen LogP contribution >= 0.6 is 11.6 Å². The maximum absolute atomic E-state index is 12.4. The van der Waals surface area contributed by atoms with Gasteiger partial charge in [-0.25, -0.2) is 8.42 Å². The molecule has 6 nitrogen and oxygen atoms in total. The van der Waals surface area contributed by atoms with Crippen molar-refractivity contribution < 1.29 is 13.2 Å². The molecule has 0 radical (unpaired) electrons. The predicted molar refractivity (Wildman–Crippen MR) is 111 cm³/mol.